The van der Waals surface area contributed by atoms with Gasteiger partial charge in [-0.05, 0) is 26.3 Å². The van der Waals surface area contributed by atoms with E-state index in [0.29, 0.717) is 6.04 Å². The Kier molecular flexibility index (Phi) is 3.03. The molecule has 2 heterocycles. The molecule has 1 unspecified atom stereocenters. The maximum atomic E-state index is 4.47. The normalized spacial score (nSPS) is 21.4. The van der Waals surface area contributed by atoms with Crippen molar-refractivity contribution in [3.63, 3.8) is 0 Å². The maximum absolute atomic E-state index is 4.47. The molecule has 0 spiro atoms. The topological polar surface area (TPSA) is 28.2 Å². The highest BCUT2D eigenvalue weighted by molar-refractivity contribution is 7.13. The van der Waals surface area contributed by atoms with Crippen molar-refractivity contribution in [2.24, 2.45) is 0 Å². The molecule has 1 aromatic rings. The van der Waals surface area contributed by atoms with Crippen LogP contribution in [0, 0.1) is 6.92 Å². The van der Waals surface area contributed by atoms with Gasteiger partial charge in [-0.2, -0.15) is 0 Å². The minimum Gasteiger partial charge on any atom is -0.350 e. The van der Waals surface area contributed by atoms with E-state index in [4.69, 9.17) is 0 Å². The lowest BCUT2D eigenvalue weighted by Gasteiger charge is -2.20. The Bertz CT molecular complexity index is 291. The quantitative estimate of drug-likeness (QED) is 0.824. The van der Waals surface area contributed by atoms with Crippen LogP contribution in [0.2, 0.25) is 0 Å². The zero-order valence-corrected chi connectivity index (χ0v) is 9.60. The minimum absolute atomic E-state index is 0.657. The fraction of sp³-hybridized carbons (Fsp3) is 0.700. The second kappa shape index (κ2) is 4.28. The molecule has 1 fully saturated rings. The number of thiazole rings is 1. The molecule has 78 valence electrons. The average Bonchev–Trinajstić information content (AvgIpc) is 2.75. The first kappa shape index (κ1) is 9.93. The standard InChI is InChI=1S/C10H17N3S/c1-8-7-14-10(12-8)13(2)6-9-4-3-5-11-9/h7,9,11H,3-6H2,1-2H3. The highest BCUT2D eigenvalue weighted by Crippen LogP contribution is 2.19. The molecule has 2 rings (SSSR count). The van der Waals surface area contributed by atoms with E-state index >= 15 is 0 Å². The summed E-state index contributed by atoms with van der Waals surface area (Å²) in [6, 6.07) is 0.657. The zero-order valence-electron chi connectivity index (χ0n) is 8.79. The number of aromatic nitrogens is 1. The van der Waals surface area contributed by atoms with Gasteiger partial charge in [0, 0.05) is 25.0 Å². The summed E-state index contributed by atoms with van der Waals surface area (Å²) in [6.07, 6.45) is 2.62. The zero-order chi connectivity index (χ0) is 9.97. The van der Waals surface area contributed by atoms with E-state index in [0.717, 1.165) is 17.4 Å². The lowest BCUT2D eigenvalue weighted by Crippen LogP contribution is -2.35. The summed E-state index contributed by atoms with van der Waals surface area (Å²) >= 11 is 1.73. The van der Waals surface area contributed by atoms with Gasteiger partial charge in [0.25, 0.3) is 0 Å². The van der Waals surface area contributed by atoms with E-state index < -0.39 is 0 Å². The summed E-state index contributed by atoms with van der Waals surface area (Å²) < 4.78 is 0. The van der Waals surface area contributed by atoms with Gasteiger partial charge >= 0.3 is 0 Å². The first-order valence-corrected chi connectivity index (χ1v) is 6.00. The van der Waals surface area contributed by atoms with Gasteiger partial charge in [-0.1, -0.05) is 0 Å². The summed E-state index contributed by atoms with van der Waals surface area (Å²) in [5.41, 5.74) is 1.12. The third-order valence-electron chi connectivity index (χ3n) is 2.59. The Hall–Kier alpha value is -0.610. The van der Waals surface area contributed by atoms with Crippen LogP contribution in [0.15, 0.2) is 5.38 Å². The molecule has 1 atom stereocenters. The number of hydrogen-bond donors (Lipinski definition) is 1. The summed E-state index contributed by atoms with van der Waals surface area (Å²) in [5, 5.41) is 6.74. The number of rotatable bonds is 3. The predicted molar refractivity (Wildman–Crippen MR) is 61.1 cm³/mol. The van der Waals surface area contributed by atoms with Crippen molar-refractivity contribution in [2.45, 2.75) is 25.8 Å². The van der Waals surface area contributed by atoms with Crippen molar-refractivity contribution in [1.82, 2.24) is 10.3 Å². The fourth-order valence-electron chi connectivity index (χ4n) is 1.84. The number of aryl methyl sites for hydroxylation is 1. The van der Waals surface area contributed by atoms with Gasteiger partial charge < -0.3 is 10.2 Å². The van der Waals surface area contributed by atoms with Crippen molar-refractivity contribution < 1.29 is 0 Å². The Morgan fingerprint density at radius 1 is 1.71 bits per heavy atom. The highest BCUT2D eigenvalue weighted by atomic mass is 32.1. The predicted octanol–water partition coefficient (Wildman–Crippen LogP) is 1.64. The van der Waals surface area contributed by atoms with Gasteiger partial charge in [-0.15, -0.1) is 11.3 Å². The molecule has 0 bridgehead atoms. The van der Waals surface area contributed by atoms with E-state index in [1.807, 2.05) is 6.92 Å². The minimum atomic E-state index is 0.657. The molecule has 1 aliphatic rings. The monoisotopic (exact) mass is 211 g/mol. The lowest BCUT2D eigenvalue weighted by atomic mass is 10.2. The van der Waals surface area contributed by atoms with E-state index in [9.17, 15) is 0 Å². The van der Waals surface area contributed by atoms with Crippen LogP contribution < -0.4 is 10.2 Å². The molecule has 0 saturated carbocycles. The molecular weight excluding hydrogens is 194 g/mol. The van der Waals surface area contributed by atoms with E-state index in [2.05, 4.69) is 27.6 Å². The lowest BCUT2D eigenvalue weighted by molar-refractivity contribution is 0.599. The third-order valence-corrected chi connectivity index (χ3v) is 3.66. The van der Waals surface area contributed by atoms with Gasteiger partial charge in [0.15, 0.2) is 5.13 Å². The van der Waals surface area contributed by atoms with Crippen molar-refractivity contribution in [1.29, 1.82) is 0 Å². The SMILES string of the molecule is Cc1csc(N(C)CC2CCCN2)n1. The van der Waals surface area contributed by atoms with E-state index in [1.54, 1.807) is 11.3 Å². The molecule has 0 aromatic carbocycles. The van der Waals surface area contributed by atoms with Crippen molar-refractivity contribution in [2.75, 3.05) is 25.0 Å². The first-order chi connectivity index (χ1) is 6.75. The van der Waals surface area contributed by atoms with Crippen molar-refractivity contribution in [3.8, 4) is 0 Å². The Morgan fingerprint density at radius 3 is 3.14 bits per heavy atom. The maximum Gasteiger partial charge on any atom is 0.185 e. The van der Waals surface area contributed by atoms with Gasteiger partial charge in [0.05, 0.1) is 5.69 Å². The number of anilines is 1. The van der Waals surface area contributed by atoms with Crippen LogP contribution in [-0.2, 0) is 0 Å². The van der Waals surface area contributed by atoms with Crippen LogP contribution in [0.5, 0.6) is 0 Å². The molecule has 1 N–H and O–H groups in total. The van der Waals surface area contributed by atoms with Crippen LogP contribution in [0.25, 0.3) is 0 Å². The van der Waals surface area contributed by atoms with Crippen LogP contribution in [0.3, 0.4) is 0 Å². The summed E-state index contributed by atoms with van der Waals surface area (Å²) in [4.78, 5) is 6.72. The van der Waals surface area contributed by atoms with Gasteiger partial charge in [-0.3, -0.25) is 0 Å². The molecule has 4 heteroatoms. The van der Waals surface area contributed by atoms with Gasteiger partial charge in [0.2, 0.25) is 0 Å². The van der Waals surface area contributed by atoms with Gasteiger partial charge in [-0.25, -0.2) is 4.98 Å². The van der Waals surface area contributed by atoms with Crippen LogP contribution in [0.1, 0.15) is 18.5 Å². The van der Waals surface area contributed by atoms with Crippen LogP contribution in [0.4, 0.5) is 5.13 Å². The molecule has 14 heavy (non-hydrogen) atoms. The molecule has 3 nitrogen and oxygen atoms in total. The summed E-state index contributed by atoms with van der Waals surface area (Å²) in [5.74, 6) is 0. The molecule has 0 aliphatic carbocycles. The molecule has 1 saturated heterocycles. The number of likely N-dealkylation sites (N-methyl/N-ethyl adjacent to an activating group) is 1. The third kappa shape index (κ3) is 2.25. The summed E-state index contributed by atoms with van der Waals surface area (Å²) in [6.45, 7) is 4.30. The largest absolute Gasteiger partial charge is 0.350 e. The molecule has 1 aliphatic heterocycles. The molecule has 1 aromatic heterocycles. The Labute approximate surface area is 89.1 Å². The van der Waals surface area contributed by atoms with E-state index in [-0.39, 0.29) is 0 Å². The number of nitrogens with one attached hydrogen (secondary N) is 1. The number of hydrogen-bond acceptors (Lipinski definition) is 4. The Balaban J connectivity index is 1.91. The van der Waals surface area contributed by atoms with E-state index in [1.165, 1.54) is 19.4 Å². The highest BCUT2D eigenvalue weighted by Gasteiger charge is 2.17. The van der Waals surface area contributed by atoms with Crippen molar-refractivity contribution in [3.05, 3.63) is 11.1 Å². The fourth-order valence-corrected chi connectivity index (χ4v) is 2.62. The first-order valence-electron chi connectivity index (χ1n) is 5.12. The van der Waals surface area contributed by atoms with Gasteiger partial charge in [0.1, 0.15) is 0 Å². The molecule has 0 radical (unpaired) electrons. The van der Waals surface area contributed by atoms with Crippen LogP contribution in [-0.4, -0.2) is 31.2 Å². The average molecular weight is 211 g/mol. The second-order valence-electron chi connectivity index (χ2n) is 3.95. The van der Waals surface area contributed by atoms with Crippen molar-refractivity contribution >= 4 is 16.5 Å². The van der Waals surface area contributed by atoms with Crippen LogP contribution >= 0.6 is 11.3 Å². The number of nitrogens with zero attached hydrogens (tertiary/aromatic N) is 2. The Morgan fingerprint density at radius 2 is 2.57 bits per heavy atom. The smallest absolute Gasteiger partial charge is 0.185 e. The molecule has 0 amide bonds. The molecular formula is C10H17N3S. The summed E-state index contributed by atoms with van der Waals surface area (Å²) in [7, 11) is 2.12. The second-order valence-corrected chi connectivity index (χ2v) is 4.78.